The maximum absolute atomic E-state index is 12.3. The van der Waals surface area contributed by atoms with Crippen LogP contribution in [0.1, 0.15) is 19.8 Å². The molecule has 3 rings (SSSR count). The number of thioether (sulfide) groups is 1. The highest BCUT2D eigenvalue weighted by Crippen LogP contribution is 2.47. The maximum atomic E-state index is 12.3. The van der Waals surface area contributed by atoms with E-state index in [1.54, 1.807) is 16.7 Å². The number of hydrogen-bond acceptors (Lipinski definition) is 6. The quantitative estimate of drug-likeness (QED) is 0.775. The summed E-state index contributed by atoms with van der Waals surface area (Å²) >= 11 is 13.2. The molecule has 1 aromatic rings. The number of halogens is 2. The molecular weight excluding hydrogens is 389 g/mol. The minimum absolute atomic E-state index is 0.0592. The highest BCUT2D eigenvalue weighted by Gasteiger charge is 2.53. The molecule has 1 aromatic heterocycles. The first kappa shape index (κ1) is 18.3. The first-order valence-corrected chi connectivity index (χ1v) is 9.28. The van der Waals surface area contributed by atoms with E-state index in [0.717, 1.165) is 0 Å². The Hall–Kier alpha value is -1.51. The Morgan fingerprint density at radius 1 is 1.52 bits per heavy atom. The van der Waals surface area contributed by atoms with Crippen LogP contribution in [0.4, 0.5) is 5.82 Å². The van der Waals surface area contributed by atoms with Gasteiger partial charge in [0.2, 0.25) is 5.91 Å². The molecule has 2 aliphatic heterocycles. The van der Waals surface area contributed by atoms with Crippen molar-refractivity contribution in [1.29, 1.82) is 0 Å². The van der Waals surface area contributed by atoms with E-state index in [4.69, 9.17) is 27.9 Å². The van der Waals surface area contributed by atoms with Crippen molar-refractivity contribution < 1.29 is 19.1 Å². The molecule has 2 saturated heterocycles. The van der Waals surface area contributed by atoms with Crippen molar-refractivity contribution in [3.8, 4) is 0 Å². The summed E-state index contributed by atoms with van der Waals surface area (Å²) in [6, 6.07) is 0.780. The zero-order chi connectivity index (χ0) is 18.2. The number of rotatable bonds is 4. The summed E-state index contributed by atoms with van der Waals surface area (Å²) in [5, 5.41) is 2.96. The third-order valence-corrected chi connectivity index (χ3v) is 6.13. The third kappa shape index (κ3) is 3.70. The molecule has 25 heavy (non-hydrogen) atoms. The van der Waals surface area contributed by atoms with Crippen LogP contribution < -0.4 is 5.32 Å². The zero-order valence-electron chi connectivity index (χ0n) is 13.3. The molecule has 2 atom stereocenters. The van der Waals surface area contributed by atoms with Crippen LogP contribution in [0, 0.1) is 0 Å². The fraction of sp³-hybridized carbons (Fsp3) is 0.467. The first-order valence-electron chi connectivity index (χ1n) is 7.54. The number of ether oxygens (including phenoxy) is 1. The second-order valence-corrected chi connectivity index (χ2v) is 8.25. The molecule has 2 amide bonds. The van der Waals surface area contributed by atoms with E-state index >= 15 is 0 Å². The van der Waals surface area contributed by atoms with E-state index < -0.39 is 24.5 Å². The molecule has 7 nitrogen and oxygen atoms in total. The lowest BCUT2D eigenvalue weighted by Crippen LogP contribution is -2.47. The van der Waals surface area contributed by atoms with Gasteiger partial charge in [0.1, 0.15) is 6.04 Å². The van der Waals surface area contributed by atoms with E-state index in [1.807, 2.05) is 6.92 Å². The van der Waals surface area contributed by atoms with E-state index in [-0.39, 0.29) is 21.6 Å². The highest BCUT2D eigenvalue weighted by atomic mass is 35.5. The number of aromatic nitrogens is 1. The Kier molecular flexibility index (Phi) is 5.13. The topological polar surface area (TPSA) is 88.6 Å². The van der Waals surface area contributed by atoms with E-state index in [2.05, 4.69) is 10.3 Å². The Balaban J connectivity index is 1.55. The van der Waals surface area contributed by atoms with Gasteiger partial charge in [-0.1, -0.05) is 23.2 Å². The average Bonchev–Trinajstić information content (AvgIpc) is 3.04. The largest absolute Gasteiger partial charge is 0.454 e. The second kappa shape index (κ2) is 7.01. The average molecular weight is 404 g/mol. The number of pyridine rings is 1. The zero-order valence-corrected chi connectivity index (χ0v) is 15.6. The lowest BCUT2D eigenvalue weighted by molar-refractivity contribution is -0.155. The number of fused-ring (bicyclic) bond motifs is 1. The van der Waals surface area contributed by atoms with Crippen molar-refractivity contribution >= 4 is 58.6 Å². The number of carbonyl (C=O) groups excluding carboxylic acids is 3. The predicted octanol–water partition coefficient (Wildman–Crippen LogP) is 2.32. The van der Waals surface area contributed by atoms with Crippen LogP contribution in [0.25, 0.3) is 0 Å². The van der Waals surface area contributed by atoms with Gasteiger partial charge in [0.15, 0.2) is 12.4 Å². The molecule has 2 fully saturated rings. The molecule has 0 spiro atoms. The second-order valence-electron chi connectivity index (χ2n) is 5.91. The van der Waals surface area contributed by atoms with Gasteiger partial charge in [-0.3, -0.25) is 9.59 Å². The van der Waals surface area contributed by atoms with Crippen molar-refractivity contribution in [3.63, 3.8) is 0 Å². The Morgan fingerprint density at radius 2 is 2.28 bits per heavy atom. The number of nitrogens with zero attached hydrogens (tertiary/aromatic N) is 2. The van der Waals surface area contributed by atoms with E-state index in [1.165, 1.54) is 12.3 Å². The summed E-state index contributed by atoms with van der Waals surface area (Å²) in [6.45, 7) is 1.45. The highest BCUT2D eigenvalue weighted by molar-refractivity contribution is 8.01. The van der Waals surface area contributed by atoms with Crippen LogP contribution >= 0.6 is 35.0 Å². The summed E-state index contributed by atoms with van der Waals surface area (Å²) in [5.74, 6) is -0.627. The van der Waals surface area contributed by atoms with Gasteiger partial charge in [0, 0.05) is 18.4 Å². The molecule has 0 bridgehead atoms. The molecule has 10 heteroatoms. The lowest BCUT2D eigenvalue weighted by Gasteiger charge is -2.29. The number of hydrogen-bond donors (Lipinski definition) is 1. The van der Waals surface area contributed by atoms with Crippen LogP contribution in [-0.4, -0.2) is 50.9 Å². The third-order valence-electron chi connectivity index (χ3n) is 4.13. The Bertz CT molecular complexity index is 747. The van der Waals surface area contributed by atoms with Crippen molar-refractivity contribution in [1.82, 2.24) is 9.88 Å². The molecule has 0 aromatic carbocycles. The smallest absolute Gasteiger partial charge is 0.330 e. The molecule has 134 valence electrons. The normalized spacial score (nSPS) is 25.0. The summed E-state index contributed by atoms with van der Waals surface area (Å²) < 4.78 is 5.07. The van der Waals surface area contributed by atoms with Gasteiger partial charge in [-0.2, -0.15) is 0 Å². The standard InChI is InChI=1S/C15H15Cl2N3O4S/c1-15-3-2-12(22)20(15)10(7-25-15)14(23)24-6-11(21)19-13-9(17)4-8(16)5-18-13/h4-5,10H,2-3,6-7H2,1H3,(H,18,19,21)/t10-,15-/m0/s1. The summed E-state index contributed by atoms with van der Waals surface area (Å²) in [6.07, 6.45) is 2.47. The van der Waals surface area contributed by atoms with Crippen molar-refractivity contribution in [2.45, 2.75) is 30.7 Å². The number of anilines is 1. The van der Waals surface area contributed by atoms with Crippen LogP contribution in [0.15, 0.2) is 12.3 Å². The fourth-order valence-corrected chi connectivity index (χ4v) is 4.75. The molecular formula is C15H15Cl2N3O4S. The van der Waals surface area contributed by atoms with Crippen LogP contribution in [0.2, 0.25) is 10.0 Å². The van der Waals surface area contributed by atoms with Gasteiger partial charge >= 0.3 is 5.97 Å². The Labute approximate surface area is 158 Å². The van der Waals surface area contributed by atoms with Crippen LogP contribution in [0.3, 0.4) is 0 Å². The lowest BCUT2D eigenvalue weighted by atomic mass is 10.2. The van der Waals surface area contributed by atoms with Crippen molar-refractivity contribution in [3.05, 3.63) is 22.3 Å². The number of carbonyl (C=O) groups is 3. The number of esters is 1. The van der Waals surface area contributed by atoms with Crippen LogP contribution in [0.5, 0.6) is 0 Å². The SMILES string of the molecule is C[C@]12CCC(=O)N1[C@H](C(=O)OCC(=O)Nc1ncc(Cl)cc1Cl)CS2. The molecule has 2 aliphatic rings. The van der Waals surface area contributed by atoms with Gasteiger partial charge in [0.25, 0.3) is 5.91 Å². The molecule has 0 radical (unpaired) electrons. The molecule has 0 aliphatic carbocycles. The molecule has 0 saturated carbocycles. The minimum atomic E-state index is -0.657. The predicted molar refractivity (Wildman–Crippen MR) is 94.6 cm³/mol. The van der Waals surface area contributed by atoms with Gasteiger partial charge in [0.05, 0.1) is 14.9 Å². The van der Waals surface area contributed by atoms with E-state index in [9.17, 15) is 14.4 Å². The monoisotopic (exact) mass is 403 g/mol. The van der Waals surface area contributed by atoms with E-state index in [0.29, 0.717) is 23.6 Å². The summed E-state index contributed by atoms with van der Waals surface area (Å²) in [4.78, 5) is 41.3. The fourth-order valence-electron chi connectivity index (χ4n) is 2.90. The number of nitrogens with one attached hydrogen (secondary N) is 1. The van der Waals surface area contributed by atoms with Crippen molar-refractivity contribution in [2.75, 3.05) is 17.7 Å². The summed E-state index contributed by atoms with van der Waals surface area (Å²) in [5.41, 5.74) is 0. The van der Waals surface area contributed by atoms with Gasteiger partial charge in [-0.25, -0.2) is 9.78 Å². The minimum Gasteiger partial charge on any atom is -0.454 e. The van der Waals surface area contributed by atoms with Crippen LogP contribution in [-0.2, 0) is 19.1 Å². The molecule has 0 unspecified atom stereocenters. The van der Waals surface area contributed by atoms with Gasteiger partial charge < -0.3 is 15.0 Å². The van der Waals surface area contributed by atoms with Gasteiger partial charge in [-0.05, 0) is 19.4 Å². The Morgan fingerprint density at radius 3 is 3.00 bits per heavy atom. The maximum Gasteiger partial charge on any atom is 0.330 e. The first-order chi connectivity index (χ1) is 11.8. The number of amides is 2. The van der Waals surface area contributed by atoms with Crippen molar-refractivity contribution in [2.24, 2.45) is 0 Å². The molecule has 1 N–H and O–H groups in total. The summed E-state index contributed by atoms with van der Waals surface area (Å²) in [7, 11) is 0. The molecule has 3 heterocycles. The van der Waals surface area contributed by atoms with Gasteiger partial charge in [-0.15, -0.1) is 11.8 Å².